The molecule has 0 bridgehead atoms. The van der Waals surface area contributed by atoms with E-state index in [0.29, 0.717) is 24.0 Å². The number of fused-ring (bicyclic) bond motifs is 3. The van der Waals surface area contributed by atoms with Crippen LogP contribution in [0.3, 0.4) is 0 Å². The van der Waals surface area contributed by atoms with Gasteiger partial charge in [-0.3, -0.25) is 14.2 Å². The molecule has 0 saturated heterocycles. The first-order valence-corrected chi connectivity index (χ1v) is 9.78. The monoisotopic (exact) mass is 351 g/mol. The van der Waals surface area contributed by atoms with Gasteiger partial charge in [0.05, 0.1) is 11.1 Å². The number of thioether (sulfide) groups is 1. The van der Waals surface area contributed by atoms with Crippen molar-refractivity contribution in [2.24, 2.45) is 7.05 Å². The van der Waals surface area contributed by atoms with Crippen molar-refractivity contribution in [3.8, 4) is 0 Å². The van der Waals surface area contributed by atoms with Crippen LogP contribution < -0.4 is 5.56 Å². The highest BCUT2D eigenvalue weighted by Crippen LogP contribution is 2.35. The molecule has 23 heavy (non-hydrogen) atoms. The highest BCUT2D eigenvalue weighted by molar-refractivity contribution is 7.99. The molecule has 1 amide bonds. The van der Waals surface area contributed by atoms with Gasteiger partial charge in [0, 0.05) is 25.0 Å². The Hall–Kier alpha value is -1.34. The number of aromatic nitrogens is 2. The number of nitrogens with zero attached hydrogens (tertiary/aromatic N) is 3. The molecule has 0 aliphatic heterocycles. The minimum Gasteiger partial charge on any atom is -0.343 e. The topological polar surface area (TPSA) is 55.2 Å². The van der Waals surface area contributed by atoms with Crippen LogP contribution in [-0.4, -0.2) is 39.2 Å². The number of aryl methyl sites for hydroxylation is 2. The van der Waals surface area contributed by atoms with E-state index in [1.165, 1.54) is 22.2 Å². The van der Waals surface area contributed by atoms with Gasteiger partial charge in [0.1, 0.15) is 4.83 Å². The molecule has 3 rings (SSSR count). The quantitative estimate of drug-likeness (QED) is 0.613. The van der Waals surface area contributed by atoms with Gasteiger partial charge >= 0.3 is 0 Å². The average molecular weight is 351 g/mol. The van der Waals surface area contributed by atoms with Crippen LogP contribution in [0.2, 0.25) is 0 Å². The Morgan fingerprint density at radius 3 is 2.78 bits per heavy atom. The summed E-state index contributed by atoms with van der Waals surface area (Å²) in [6.45, 7) is 5.36. The van der Waals surface area contributed by atoms with E-state index in [0.717, 1.165) is 29.5 Å². The molecule has 7 heteroatoms. The van der Waals surface area contributed by atoms with Crippen LogP contribution in [0.5, 0.6) is 0 Å². The molecular formula is C16H21N3O2S2. The molecule has 0 atom stereocenters. The van der Waals surface area contributed by atoms with E-state index in [1.807, 2.05) is 13.8 Å². The molecule has 124 valence electrons. The van der Waals surface area contributed by atoms with E-state index in [4.69, 9.17) is 0 Å². The lowest BCUT2D eigenvalue weighted by Gasteiger charge is -2.18. The Balaban J connectivity index is 1.89. The molecule has 0 radical (unpaired) electrons. The predicted octanol–water partition coefficient (Wildman–Crippen LogP) is 2.44. The summed E-state index contributed by atoms with van der Waals surface area (Å²) in [7, 11) is 1.75. The molecule has 0 fully saturated rings. The van der Waals surface area contributed by atoms with Crippen LogP contribution in [0.15, 0.2) is 9.95 Å². The Morgan fingerprint density at radius 1 is 1.35 bits per heavy atom. The third-order valence-electron chi connectivity index (χ3n) is 4.35. The summed E-state index contributed by atoms with van der Waals surface area (Å²) in [5, 5.41) is 1.42. The lowest BCUT2D eigenvalue weighted by Crippen LogP contribution is -2.32. The first kappa shape index (κ1) is 16.5. The second-order valence-electron chi connectivity index (χ2n) is 5.65. The third-order valence-corrected chi connectivity index (χ3v) is 6.55. The molecule has 0 unspecified atom stereocenters. The second kappa shape index (κ2) is 6.65. The molecule has 1 aliphatic rings. The Bertz CT molecular complexity index is 806. The van der Waals surface area contributed by atoms with Gasteiger partial charge in [-0.1, -0.05) is 11.8 Å². The van der Waals surface area contributed by atoms with E-state index in [2.05, 4.69) is 4.98 Å². The highest BCUT2D eigenvalue weighted by Gasteiger charge is 2.22. The van der Waals surface area contributed by atoms with Crippen molar-refractivity contribution in [1.29, 1.82) is 0 Å². The van der Waals surface area contributed by atoms with Crippen molar-refractivity contribution in [3.63, 3.8) is 0 Å². The van der Waals surface area contributed by atoms with Crippen molar-refractivity contribution in [2.45, 2.75) is 38.3 Å². The standard InChI is InChI=1S/C16H21N3O2S2/c1-4-19(5-2)12(20)9-22-16-17-14-13(15(21)18(16)3)10-7-6-8-11(10)23-14/h4-9H2,1-3H3. The van der Waals surface area contributed by atoms with Crippen LogP contribution in [0.1, 0.15) is 30.7 Å². The minimum atomic E-state index is 0.0205. The number of thiophene rings is 1. The number of hydrogen-bond acceptors (Lipinski definition) is 5. The molecule has 1 aliphatic carbocycles. The summed E-state index contributed by atoms with van der Waals surface area (Å²) in [6, 6.07) is 0. The summed E-state index contributed by atoms with van der Waals surface area (Å²) in [5.74, 6) is 0.404. The van der Waals surface area contributed by atoms with Crippen LogP contribution in [0.4, 0.5) is 0 Å². The highest BCUT2D eigenvalue weighted by atomic mass is 32.2. The molecule has 2 heterocycles. The summed E-state index contributed by atoms with van der Waals surface area (Å²) in [6.07, 6.45) is 3.18. The van der Waals surface area contributed by atoms with Crippen LogP contribution in [-0.2, 0) is 24.7 Å². The smallest absolute Gasteiger partial charge is 0.262 e. The summed E-state index contributed by atoms with van der Waals surface area (Å²) >= 11 is 2.99. The fourth-order valence-electron chi connectivity index (χ4n) is 3.03. The van der Waals surface area contributed by atoms with Gasteiger partial charge in [0.15, 0.2) is 5.16 Å². The van der Waals surface area contributed by atoms with Gasteiger partial charge in [-0.05, 0) is 38.7 Å². The van der Waals surface area contributed by atoms with Gasteiger partial charge < -0.3 is 4.90 Å². The van der Waals surface area contributed by atoms with E-state index < -0.39 is 0 Å². The number of amides is 1. The molecule has 2 aromatic heterocycles. The lowest BCUT2D eigenvalue weighted by atomic mass is 10.2. The molecule has 0 N–H and O–H groups in total. The summed E-state index contributed by atoms with van der Waals surface area (Å²) < 4.78 is 1.59. The average Bonchev–Trinajstić information content (AvgIpc) is 3.11. The fraction of sp³-hybridized carbons (Fsp3) is 0.562. The first-order valence-electron chi connectivity index (χ1n) is 7.98. The van der Waals surface area contributed by atoms with Crippen molar-refractivity contribution in [1.82, 2.24) is 14.5 Å². The zero-order chi connectivity index (χ0) is 16.6. The lowest BCUT2D eigenvalue weighted by molar-refractivity contribution is -0.127. The number of hydrogen-bond donors (Lipinski definition) is 0. The van der Waals surface area contributed by atoms with Gasteiger partial charge in [-0.15, -0.1) is 11.3 Å². The van der Waals surface area contributed by atoms with E-state index >= 15 is 0 Å². The molecule has 2 aromatic rings. The van der Waals surface area contributed by atoms with Crippen LogP contribution >= 0.6 is 23.1 Å². The minimum absolute atomic E-state index is 0.0205. The van der Waals surface area contributed by atoms with Crippen molar-refractivity contribution >= 4 is 39.2 Å². The molecule has 0 aromatic carbocycles. The predicted molar refractivity (Wildman–Crippen MR) is 95.5 cm³/mol. The number of rotatable bonds is 5. The van der Waals surface area contributed by atoms with Gasteiger partial charge in [0.2, 0.25) is 5.91 Å². The molecule has 0 spiro atoms. The normalized spacial score (nSPS) is 13.5. The molecule has 5 nitrogen and oxygen atoms in total. The summed E-state index contributed by atoms with van der Waals surface area (Å²) in [4.78, 5) is 33.4. The largest absolute Gasteiger partial charge is 0.343 e. The summed E-state index contributed by atoms with van der Waals surface area (Å²) in [5.41, 5.74) is 1.22. The molecular weight excluding hydrogens is 330 g/mol. The number of carbonyl (C=O) groups excluding carboxylic acids is 1. The maximum Gasteiger partial charge on any atom is 0.262 e. The maximum atomic E-state index is 12.7. The van der Waals surface area contributed by atoms with Crippen LogP contribution in [0.25, 0.3) is 10.2 Å². The van der Waals surface area contributed by atoms with Crippen molar-refractivity contribution in [2.75, 3.05) is 18.8 Å². The van der Waals surface area contributed by atoms with Crippen molar-refractivity contribution < 1.29 is 4.79 Å². The fourth-order valence-corrected chi connectivity index (χ4v) is 5.21. The SMILES string of the molecule is CCN(CC)C(=O)CSc1nc2sc3c(c2c(=O)n1C)CCC3. The van der Waals surface area contributed by atoms with E-state index in [1.54, 1.807) is 27.9 Å². The zero-order valence-corrected chi connectivity index (χ0v) is 15.4. The maximum absolute atomic E-state index is 12.7. The zero-order valence-electron chi connectivity index (χ0n) is 13.7. The number of carbonyl (C=O) groups is 1. The third kappa shape index (κ3) is 2.92. The van der Waals surface area contributed by atoms with E-state index in [9.17, 15) is 9.59 Å². The first-order chi connectivity index (χ1) is 11.1. The van der Waals surface area contributed by atoms with E-state index in [-0.39, 0.29) is 11.5 Å². The van der Waals surface area contributed by atoms with Crippen LogP contribution in [0, 0.1) is 0 Å². The van der Waals surface area contributed by atoms with Crippen molar-refractivity contribution in [3.05, 3.63) is 20.8 Å². The Morgan fingerprint density at radius 2 is 2.09 bits per heavy atom. The second-order valence-corrected chi connectivity index (χ2v) is 7.68. The van der Waals surface area contributed by atoms with Gasteiger partial charge in [-0.2, -0.15) is 0 Å². The van der Waals surface area contributed by atoms with Gasteiger partial charge in [-0.25, -0.2) is 4.98 Å². The van der Waals surface area contributed by atoms with Gasteiger partial charge in [0.25, 0.3) is 5.56 Å². The molecule has 0 saturated carbocycles. The Labute approximate surface area is 143 Å². The Kier molecular flexibility index (Phi) is 4.77.